The van der Waals surface area contributed by atoms with Crippen molar-refractivity contribution in [3.8, 4) is 5.75 Å². The number of ether oxygens (including phenoxy) is 1. The topological polar surface area (TPSA) is 66.9 Å². The second-order valence-corrected chi connectivity index (χ2v) is 9.70. The van der Waals surface area contributed by atoms with E-state index in [4.69, 9.17) is 4.74 Å². The largest absolute Gasteiger partial charge is 0.496 e. The van der Waals surface area contributed by atoms with E-state index in [-0.39, 0.29) is 12.1 Å². The molecule has 1 saturated heterocycles. The standard InChI is InChI=1S/C20H22BrFN2O4S/c1-23(13-15-11-16(21)6-8-18(15)28-2)20(25)14-5-7-17(22)19(12-14)29(26,27)24-9-3-4-10-24/h5-8,11-12H,3-4,9-10,13H2,1-2H3. The number of sulfonamides is 1. The number of carbonyl (C=O) groups excluding carboxylic acids is 1. The van der Waals surface area contributed by atoms with Crippen molar-refractivity contribution in [1.82, 2.24) is 9.21 Å². The molecule has 6 nitrogen and oxygen atoms in total. The lowest BCUT2D eigenvalue weighted by Gasteiger charge is -2.20. The third-order valence-corrected chi connectivity index (χ3v) is 7.26. The number of hydrogen-bond donors (Lipinski definition) is 0. The minimum Gasteiger partial charge on any atom is -0.496 e. The molecule has 2 aromatic rings. The van der Waals surface area contributed by atoms with Crippen LogP contribution in [-0.2, 0) is 16.6 Å². The van der Waals surface area contributed by atoms with Crippen LogP contribution in [0.15, 0.2) is 45.8 Å². The third kappa shape index (κ3) is 4.62. The molecule has 0 aromatic heterocycles. The molecule has 1 aliphatic rings. The summed E-state index contributed by atoms with van der Waals surface area (Å²) in [5, 5.41) is 0. The summed E-state index contributed by atoms with van der Waals surface area (Å²) in [6.45, 7) is 0.970. The lowest BCUT2D eigenvalue weighted by molar-refractivity contribution is 0.0784. The van der Waals surface area contributed by atoms with Gasteiger partial charge in [0.2, 0.25) is 10.0 Å². The van der Waals surface area contributed by atoms with Crippen molar-refractivity contribution in [2.45, 2.75) is 24.3 Å². The number of benzene rings is 2. The molecule has 0 saturated carbocycles. The fraction of sp³-hybridized carbons (Fsp3) is 0.350. The molecule has 0 unspecified atom stereocenters. The van der Waals surface area contributed by atoms with E-state index >= 15 is 0 Å². The highest BCUT2D eigenvalue weighted by molar-refractivity contribution is 9.10. The van der Waals surface area contributed by atoms with E-state index in [2.05, 4.69) is 15.9 Å². The lowest BCUT2D eigenvalue weighted by atomic mass is 10.1. The van der Waals surface area contributed by atoms with Crippen molar-refractivity contribution in [3.63, 3.8) is 0 Å². The van der Waals surface area contributed by atoms with Crippen LogP contribution in [-0.4, -0.2) is 50.8 Å². The van der Waals surface area contributed by atoms with Crippen molar-refractivity contribution in [2.24, 2.45) is 0 Å². The molecular formula is C20H22BrFN2O4S. The molecule has 0 bridgehead atoms. The Morgan fingerprint density at radius 3 is 2.55 bits per heavy atom. The third-order valence-electron chi connectivity index (χ3n) is 4.86. The highest BCUT2D eigenvalue weighted by atomic mass is 79.9. The van der Waals surface area contributed by atoms with E-state index in [0.29, 0.717) is 18.8 Å². The average molecular weight is 485 g/mol. The van der Waals surface area contributed by atoms with Gasteiger partial charge in [-0.2, -0.15) is 4.31 Å². The Morgan fingerprint density at radius 2 is 1.90 bits per heavy atom. The summed E-state index contributed by atoms with van der Waals surface area (Å²) in [4.78, 5) is 13.9. The molecule has 9 heteroatoms. The second-order valence-electron chi connectivity index (χ2n) is 6.87. The van der Waals surface area contributed by atoms with Gasteiger partial charge >= 0.3 is 0 Å². The van der Waals surface area contributed by atoms with Crippen LogP contribution in [0.5, 0.6) is 5.75 Å². The van der Waals surface area contributed by atoms with E-state index in [1.807, 2.05) is 12.1 Å². The maximum Gasteiger partial charge on any atom is 0.253 e. The molecule has 3 rings (SSSR count). The number of amides is 1. The van der Waals surface area contributed by atoms with Gasteiger partial charge in [0.05, 0.1) is 7.11 Å². The molecule has 0 atom stereocenters. The molecule has 0 aliphatic carbocycles. The molecule has 0 radical (unpaired) electrons. The van der Waals surface area contributed by atoms with Gasteiger partial charge in [0.1, 0.15) is 16.5 Å². The highest BCUT2D eigenvalue weighted by Crippen LogP contribution is 2.26. The fourth-order valence-electron chi connectivity index (χ4n) is 3.32. The van der Waals surface area contributed by atoms with Gasteiger partial charge < -0.3 is 9.64 Å². The average Bonchev–Trinajstić information content (AvgIpc) is 3.23. The van der Waals surface area contributed by atoms with Crippen LogP contribution in [0.2, 0.25) is 0 Å². The summed E-state index contributed by atoms with van der Waals surface area (Å²) in [7, 11) is -0.821. The van der Waals surface area contributed by atoms with Gasteiger partial charge in [-0.15, -0.1) is 0 Å². The number of rotatable bonds is 6. The molecule has 0 spiro atoms. The number of hydrogen-bond acceptors (Lipinski definition) is 4. The van der Waals surface area contributed by atoms with Crippen LogP contribution >= 0.6 is 15.9 Å². The van der Waals surface area contributed by atoms with Gasteiger partial charge in [0, 0.05) is 42.3 Å². The Labute approximate surface area is 178 Å². The maximum atomic E-state index is 14.3. The molecule has 1 fully saturated rings. The molecule has 1 heterocycles. The van der Waals surface area contributed by atoms with Crippen LogP contribution in [0.1, 0.15) is 28.8 Å². The SMILES string of the molecule is COc1ccc(Br)cc1CN(C)C(=O)c1ccc(F)c(S(=O)(=O)N2CCCC2)c1. The molecular weight excluding hydrogens is 463 g/mol. The van der Waals surface area contributed by atoms with Gasteiger partial charge in [-0.25, -0.2) is 12.8 Å². The van der Waals surface area contributed by atoms with Crippen LogP contribution in [0.4, 0.5) is 4.39 Å². The molecule has 1 amide bonds. The van der Waals surface area contributed by atoms with Gasteiger partial charge in [0.25, 0.3) is 5.91 Å². The Kier molecular flexibility index (Phi) is 6.60. The molecule has 0 N–H and O–H groups in total. The number of nitrogens with zero attached hydrogens (tertiary/aromatic N) is 2. The first kappa shape index (κ1) is 21.7. The fourth-order valence-corrected chi connectivity index (χ4v) is 5.34. The zero-order valence-electron chi connectivity index (χ0n) is 16.2. The first-order valence-corrected chi connectivity index (χ1v) is 11.3. The summed E-state index contributed by atoms with van der Waals surface area (Å²) < 4.78 is 47.3. The Balaban J connectivity index is 1.87. The van der Waals surface area contributed by atoms with Crippen molar-refractivity contribution < 1.29 is 22.3 Å². The lowest BCUT2D eigenvalue weighted by Crippen LogP contribution is -2.30. The Morgan fingerprint density at radius 1 is 1.21 bits per heavy atom. The van der Waals surface area contributed by atoms with Crippen LogP contribution in [0.3, 0.4) is 0 Å². The quantitative estimate of drug-likeness (QED) is 0.627. The van der Waals surface area contributed by atoms with Crippen molar-refractivity contribution in [3.05, 3.63) is 57.8 Å². The molecule has 2 aromatic carbocycles. The summed E-state index contributed by atoms with van der Waals surface area (Å²) in [5.74, 6) is -0.640. The van der Waals surface area contributed by atoms with Crippen LogP contribution in [0.25, 0.3) is 0 Å². The van der Waals surface area contributed by atoms with Gasteiger partial charge in [-0.1, -0.05) is 15.9 Å². The minimum atomic E-state index is -3.96. The molecule has 156 valence electrons. The van der Waals surface area contributed by atoms with E-state index in [0.717, 1.165) is 35.0 Å². The highest BCUT2D eigenvalue weighted by Gasteiger charge is 2.30. The van der Waals surface area contributed by atoms with Crippen molar-refractivity contribution in [2.75, 3.05) is 27.2 Å². The normalized spacial score (nSPS) is 14.8. The summed E-state index contributed by atoms with van der Waals surface area (Å²) in [6.07, 6.45) is 1.49. The van der Waals surface area contributed by atoms with Gasteiger partial charge in [0.15, 0.2) is 0 Å². The monoisotopic (exact) mass is 484 g/mol. The summed E-state index contributed by atoms with van der Waals surface area (Å²) in [5.41, 5.74) is 0.894. The van der Waals surface area contributed by atoms with Crippen LogP contribution < -0.4 is 4.74 Å². The van der Waals surface area contributed by atoms with E-state index in [1.165, 1.54) is 15.3 Å². The Hall–Kier alpha value is -1.97. The Bertz CT molecular complexity index is 1020. The molecule has 29 heavy (non-hydrogen) atoms. The second kappa shape index (κ2) is 8.81. The van der Waals surface area contributed by atoms with Gasteiger partial charge in [-0.05, 0) is 49.2 Å². The van der Waals surface area contributed by atoms with E-state index < -0.39 is 26.6 Å². The minimum absolute atomic E-state index is 0.112. The van der Waals surface area contributed by atoms with Crippen LogP contribution in [0, 0.1) is 5.82 Å². The summed E-state index contributed by atoms with van der Waals surface area (Å²) in [6, 6.07) is 8.92. The first-order valence-electron chi connectivity index (χ1n) is 9.11. The van der Waals surface area contributed by atoms with E-state index in [9.17, 15) is 17.6 Å². The summed E-state index contributed by atoms with van der Waals surface area (Å²) >= 11 is 3.40. The zero-order chi connectivity index (χ0) is 21.2. The first-order chi connectivity index (χ1) is 13.7. The predicted octanol–water partition coefficient (Wildman–Crippen LogP) is 3.65. The number of halogens is 2. The predicted molar refractivity (Wildman–Crippen MR) is 111 cm³/mol. The van der Waals surface area contributed by atoms with Crippen molar-refractivity contribution in [1.29, 1.82) is 0 Å². The molecule has 1 aliphatic heterocycles. The number of carbonyl (C=O) groups is 1. The zero-order valence-corrected chi connectivity index (χ0v) is 18.6. The number of methoxy groups -OCH3 is 1. The van der Waals surface area contributed by atoms with Crippen molar-refractivity contribution >= 4 is 31.9 Å². The van der Waals surface area contributed by atoms with E-state index in [1.54, 1.807) is 20.2 Å². The smallest absolute Gasteiger partial charge is 0.253 e. The maximum absolute atomic E-state index is 14.3. The van der Waals surface area contributed by atoms with Gasteiger partial charge in [-0.3, -0.25) is 4.79 Å².